The predicted molar refractivity (Wildman–Crippen MR) is 98.0 cm³/mol. The van der Waals surface area contributed by atoms with Gasteiger partial charge in [-0.2, -0.15) is 0 Å². The van der Waals surface area contributed by atoms with Crippen LogP contribution in [0.3, 0.4) is 0 Å². The van der Waals surface area contributed by atoms with Crippen molar-refractivity contribution < 1.29 is 23.5 Å². The minimum Gasteiger partial charge on any atom is -0.497 e. The largest absolute Gasteiger partial charge is 0.497 e. The number of piperidine rings is 1. The molecule has 0 spiro atoms. The first-order valence-electron chi connectivity index (χ1n) is 8.98. The molecule has 1 aliphatic heterocycles. The molecule has 1 atom stereocenters. The molecule has 0 radical (unpaired) electrons. The molecule has 3 rings (SSSR count). The number of methoxy groups -OCH3 is 1. The number of likely N-dealkylation sites (tertiary alicyclic amines) is 1. The topological polar surface area (TPSA) is 55.8 Å². The van der Waals surface area contributed by atoms with Crippen molar-refractivity contribution in [2.24, 2.45) is 0 Å². The number of ether oxygens (including phenoxy) is 2. The van der Waals surface area contributed by atoms with Crippen molar-refractivity contribution in [3.8, 4) is 5.75 Å². The average Bonchev–Trinajstić information content (AvgIpc) is 2.72. The lowest BCUT2D eigenvalue weighted by Gasteiger charge is -2.30. The van der Waals surface area contributed by atoms with Crippen molar-refractivity contribution in [3.05, 3.63) is 65.5 Å². The van der Waals surface area contributed by atoms with Crippen LogP contribution >= 0.6 is 0 Å². The van der Waals surface area contributed by atoms with E-state index in [0.29, 0.717) is 24.4 Å². The number of carbonyl (C=O) groups excluding carboxylic acids is 2. The minimum atomic E-state index is -1.10. The molecule has 1 saturated heterocycles. The number of nitrogens with zero attached hydrogens (tertiary/aromatic N) is 1. The average molecular weight is 371 g/mol. The van der Waals surface area contributed by atoms with E-state index in [1.54, 1.807) is 29.2 Å². The van der Waals surface area contributed by atoms with Crippen LogP contribution in [0.15, 0.2) is 48.5 Å². The van der Waals surface area contributed by atoms with Crippen LogP contribution in [0, 0.1) is 5.82 Å². The van der Waals surface area contributed by atoms with Crippen molar-refractivity contribution in [2.75, 3.05) is 20.2 Å². The molecule has 1 heterocycles. The molecule has 6 heteroatoms. The maximum Gasteiger partial charge on any atom is 0.342 e. The standard InChI is InChI=1S/C21H22FNO4/c1-26-16-10-11-17(18(22)14-16)21(25)27-19(15-8-4-2-5-9-15)20(24)23-12-6-3-7-13-23/h2,4-5,8-11,14,19H,3,6-7,12-13H2,1H3/t19-/m1/s1. The second-order valence-electron chi connectivity index (χ2n) is 6.43. The molecule has 1 fully saturated rings. The molecule has 0 saturated carbocycles. The fourth-order valence-corrected chi connectivity index (χ4v) is 3.13. The lowest BCUT2D eigenvalue weighted by Crippen LogP contribution is -2.40. The Morgan fingerprint density at radius 3 is 2.37 bits per heavy atom. The summed E-state index contributed by atoms with van der Waals surface area (Å²) in [6, 6.07) is 12.7. The third-order valence-corrected chi connectivity index (χ3v) is 4.62. The normalized spacial score (nSPS) is 15.1. The van der Waals surface area contributed by atoms with Crippen LogP contribution < -0.4 is 4.74 Å². The van der Waals surface area contributed by atoms with E-state index in [4.69, 9.17) is 9.47 Å². The van der Waals surface area contributed by atoms with Gasteiger partial charge in [0.25, 0.3) is 5.91 Å². The molecule has 2 aromatic carbocycles. The van der Waals surface area contributed by atoms with Gasteiger partial charge in [-0.05, 0) is 31.4 Å². The summed E-state index contributed by atoms with van der Waals surface area (Å²) >= 11 is 0. The molecule has 5 nitrogen and oxygen atoms in total. The van der Waals surface area contributed by atoms with Crippen LogP contribution in [-0.4, -0.2) is 37.0 Å². The molecular formula is C21H22FNO4. The van der Waals surface area contributed by atoms with Gasteiger partial charge in [-0.25, -0.2) is 9.18 Å². The molecule has 0 aliphatic carbocycles. The quantitative estimate of drug-likeness (QED) is 0.752. The summed E-state index contributed by atoms with van der Waals surface area (Å²) in [5.41, 5.74) is 0.332. The Hall–Kier alpha value is -2.89. The van der Waals surface area contributed by atoms with E-state index < -0.39 is 17.9 Å². The van der Waals surface area contributed by atoms with E-state index in [9.17, 15) is 14.0 Å². The predicted octanol–water partition coefficient (Wildman–Crippen LogP) is 3.74. The minimum absolute atomic E-state index is 0.233. The van der Waals surface area contributed by atoms with Crippen LogP contribution in [0.2, 0.25) is 0 Å². The van der Waals surface area contributed by atoms with Gasteiger partial charge in [0, 0.05) is 24.7 Å². The Morgan fingerprint density at radius 1 is 1.04 bits per heavy atom. The van der Waals surface area contributed by atoms with E-state index in [1.807, 2.05) is 6.07 Å². The first kappa shape index (κ1) is 18.9. The van der Waals surface area contributed by atoms with E-state index in [2.05, 4.69) is 0 Å². The zero-order valence-electron chi connectivity index (χ0n) is 15.2. The van der Waals surface area contributed by atoms with E-state index in [1.165, 1.54) is 19.2 Å². The maximum absolute atomic E-state index is 14.2. The van der Waals surface area contributed by atoms with Crippen molar-refractivity contribution >= 4 is 11.9 Å². The highest BCUT2D eigenvalue weighted by molar-refractivity contribution is 5.93. The molecule has 27 heavy (non-hydrogen) atoms. The Labute approximate surface area is 157 Å². The summed E-state index contributed by atoms with van der Waals surface area (Å²) in [6.07, 6.45) is 1.83. The van der Waals surface area contributed by atoms with E-state index in [-0.39, 0.29) is 11.5 Å². The van der Waals surface area contributed by atoms with Gasteiger partial charge in [-0.1, -0.05) is 30.3 Å². The molecular weight excluding hydrogens is 349 g/mol. The van der Waals surface area contributed by atoms with Crippen molar-refractivity contribution in [1.82, 2.24) is 4.90 Å². The molecule has 0 bridgehead atoms. The second-order valence-corrected chi connectivity index (χ2v) is 6.43. The van der Waals surface area contributed by atoms with Crippen LogP contribution in [0.25, 0.3) is 0 Å². The highest BCUT2D eigenvalue weighted by Crippen LogP contribution is 2.25. The summed E-state index contributed by atoms with van der Waals surface area (Å²) in [5.74, 6) is -1.61. The van der Waals surface area contributed by atoms with Crippen LogP contribution in [0.1, 0.15) is 41.3 Å². The number of benzene rings is 2. The molecule has 1 aliphatic rings. The zero-order chi connectivity index (χ0) is 19.2. The van der Waals surface area contributed by atoms with Crippen LogP contribution in [0.4, 0.5) is 4.39 Å². The monoisotopic (exact) mass is 371 g/mol. The number of hydrogen-bond donors (Lipinski definition) is 0. The smallest absolute Gasteiger partial charge is 0.342 e. The molecule has 0 aromatic heterocycles. The molecule has 142 valence electrons. The van der Waals surface area contributed by atoms with Gasteiger partial charge in [0.05, 0.1) is 12.7 Å². The molecule has 0 N–H and O–H groups in total. The van der Waals surface area contributed by atoms with E-state index >= 15 is 0 Å². The lowest BCUT2D eigenvalue weighted by molar-refractivity contribution is -0.142. The van der Waals surface area contributed by atoms with Gasteiger partial charge in [-0.3, -0.25) is 4.79 Å². The van der Waals surface area contributed by atoms with Crippen molar-refractivity contribution in [1.29, 1.82) is 0 Å². The molecule has 0 unspecified atom stereocenters. The summed E-state index contributed by atoms with van der Waals surface area (Å²) < 4.78 is 24.6. The first-order valence-corrected chi connectivity index (χ1v) is 8.98. The third-order valence-electron chi connectivity index (χ3n) is 4.62. The highest BCUT2D eigenvalue weighted by Gasteiger charge is 2.31. The number of hydrogen-bond acceptors (Lipinski definition) is 4. The zero-order valence-corrected chi connectivity index (χ0v) is 15.2. The van der Waals surface area contributed by atoms with Gasteiger partial charge >= 0.3 is 5.97 Å². The van der Waals surface area contributed by atoms with Crippen molar-refractivity contribution in [3.63, 3.8) is 0 Å². The Kier molecular flexibility index (Phi) is 6.06. The fourth-order valence-electron chi connectivity index (χ4n) is 3.13. The lowest BCUT2D eigenvalue weighted by atomic mass is 10.1. The maximum atomic E-state index is 14.2. The Morgan fingerprint density at radius 2 is 1.74 bits per heavy atom. The summed E-state index contributed by atoms with van der Waals surface area (Å²) in [6.45, 7) is 1.27. The van der Waals surface area contributed by atoms with Gasteiger partial charge in [0.1, 0.15) is 11.6 Å². The van der Waals surface area contributed by atoms with Gasteiger partial charge in [-0.15, -0.1) is 0 Å². The highest BCUT2D eigenvalue weighted by atomic mass is 19.1. The summed E-state index contributed by atoms with van der Waals surface area (Å²) in [4.78, 5) is 27.3. The van der Waals surface area contributed by atoms with Gasteiger partial charge in [0.2, 0.25) is 6.10 Å². The van der Waals surface area contributed by atoms with Gasteiger partial charge < -0.3 is 14.4 Å². The van der Waals surface area contributed by atoms with E-state index in [0.717, 1.165) is 25.3 Å². The molecule has 2 aromatic rings. The number of halogens is 1. The van der Waals surface area contributed by atoms with Gasteiger partial charge in [0.15, 0.2) is 0 Å². The number of rotatable bonds is 5. The summed E-state index contributed by atoms with van der Waals surface area (Å²) in [7, 11) is 1.41. The SMILES string of the molecule is COc1ccc(C(=O)O[C@@H](C(=O)N2CCCCC2)c2ccccc2)c(F)c1. The Balaban J connectivity index is 1.85. The number of carbonyl (C=O) groups is 2. The number of esters is 1. The summed E-state index contributed by atoms with van der Waals surface area (Å²) in [5, 5.41) is 0. The first-order chi connectivity index (χ1) is 13.1. The molecule has 1 amide bonds. The van der Waals surface area contributed by atoms with Crippen LogP contribution in [0.5, 0.6) is 5.75 Å². The number of amides is 1. The Bertz CT molecular complexity index is 803. The second kappa shape index (κ2) is 8.66. The van der Waals surface area contributed by atoms with Crippen LogP contribution in [-0.2, 0) is 9.53 Å². The fraction of sp³-hybridized carbons (Fsp3) is 0.333. The van der Waals surface area contributed by atoms with Crippen molar-refractivity contribution in [2.45, 2.75) is 25.4 Å². The third kappa shape index (κ3) is 4.45.